The standard InChI is InChI=1S/C11H17NO3/c1-3-7-4-8(10(14)6-12)9(13)5-11(7)15-2/h4-5,10,13-14H,3,6,12H2,1-2H3. The van der Waals surface area contributed by atoms with E-state index in [0.29, 0.717) is 11.3 Å². The summed E-state index contributed by atoms with van der Waals surface area (Å²) in [6, 6.07) is 3.23. The third kappa shape index (κ3) is 2.40. The summed E-state index contributed by atoms with van der Waals surface area (Å²) in [6.07, 6.45) is -0.0606. The fraction of sp³-hybridized carbons (Fsp3) is 0.455. The fourth-order valence-corrected chi connectivity index (χ4v) is 1.49. The Morgan fingerprint density at radius 1 is 1.47 bits per heavy atom. The van der Waals surface area contributed by atoms with Crippen LogP contribution in [0.25, 0.3) is 0 Å². The maximum absolute atomic E-state index is 9.65. The van der Waals surface area contributed by atoms with Crippen molar-refractivity contribution in [3.63, 3.8) is 0 Å². The Labute approximate surface area is 89.3 Å². The molecule has 0 saturated heterocycles. The number of nitrogens with two attached hydrogens (primary N) is 1. The Balaban J connectivity index is 3.19. The van der Waals surface area contributed by atoms with Crippen LogP contribution in [0.5, 0.6) is 11.5 Å². The van der Waals surface area contributed by atoms with E-state index >= 15 is 0 Å². The average molecular weight is 211 g/mol. The molecule has 0 spiro atoms. The van der Waals surface area contributed by atoms with Gasteiger partial charge in [-0.15, -0.1) is 0 Å². The summed E-state index contributed by atoms with van der Waals surface area (Å²) >= 11 is 0. The Morgan fingerprint density at radius 2 is 2.13 bits per heavy atom. The van der Waals surface area contributed by atoms with Gasteiger partial charge in [0.25, 0.3) is 0 Å². The summed E-state index contributed by atoms with van der Waals surface area (Å²) in [6.45, 7) is 2.07. The van der Waals surface area contributed by atoms with Crippen LogP contribution in [-0.2, 0) is 6.42 Å². The molecule has 0 heterocycles. The van der Waals surface area contributed by atoms with Crippen molar-refractivity contribution in [3.8, 4) is 11.5 Å². The van der Waals surface area contributed by atoms with Gasteiger partial charge in [0, 0.05) is 18.2 Å². The number of benzene rings is 1. The van der Waals surface area contributed by atoms with Crippen LogP contribution >= 0.6 is 0 Å². The third-order valence-electron chi connectivity index (χ3n) is 2.39. The van der Waals surface area contributed by atoms with Crippen LogP contribution in [0.1, 0.15) is 24.2 Å². The van der Waals surface area contributed by atoms with Gasteiger partial charge in [0.15, 0.2) is 0 Å². The van der Waals surface area contributed by atoms with E-state index in [1.165, 1.54) is 6.07 Å². The fourth-order valence-electron chi connectivity index (χ4n) is 1.49. The molecule has 0 bridgehead atoms. The number of ether oxygens (including phenoxy) is 1. The lowest BCUT2D eigenvalue weighted by atomic mass is 10.0. The highest BCUT2D eigenvalue weighted by Gasteiger charge is 2.14. The van der Waals surface area contributed by atoms with Gasteiger partial charge in [-0.1, -0.05) is 6.92 Å². The minimum absolute atomic E-state index is 0.0157. The van der Waals surface area contributed by atoms with Gasteiger partial charge < -0.3 is 20.7 Å². The van der Waals surface area contributed by atoms with E-state index in [1.54, 1.807) is 13.2 Å². The first-order valence-corrected chi connectivity index (χ1v) is 4.91. The Kier molecular flexibility index (Phi) is 3.94. The van der Waals surface area contributed by atoms with Gasteiger partial charge >= 0.3 is 0 Å². The summed E-state index contributed by atoms with van der Waals surface area (Å²) in [5, 5.41) is 19.2. The number of hydrogen-bond donors (Lipinski definition) is 3. The summed E-state index contributed by atoms with van der Waals surface area (Å²) in [5.74, 6) is 0.643. The number of aromatic hydroxyl groups is 1. The number of aliphatic hydroxyl groups is 1. The molecule has 1 aromatic carbocycles. The first kappa shape index (κ1) is 11.8. The average Bonchev–Trinajstić information content (AvgIpc) is 2.27. The van der Waals surface area contributed by atoms with Crippen LogP contribution in [0.3, 0.4) is 0 Å². The third-order valence-corrected chi connectivity index (χ3v) is 2.39. The van der Waals surface area contributed by atoms with Crippen molar-refractivity contribution in [1.29, 1.82) is 0 Å². The second-order valence-corrected chi connectivity index (χ2v) is 3.33. The Morgan fingerprint density at radius 3 is 2.60 bits per heavy atom. The first-order chi connectivity index (χ1) is 7.13. The molecule has 0 radical (unpaired) electrons. The molecule has 0 amide bonds. The van der Waals surface area contributed by atoms with Crippen molar-refractivity contribution in [1.82, 2.24) is 0 Å². The van der Waals surface area contributed by atoms with Gasteiger partial charge in [-0.3, -0.25) is 0 Å². The van der Waals surface area contributed by atoms with Crippen LogP contribution in [0.4, 0.5) is 0 Å². The highest BCUT2D eigenvalue weighted by molar-refractivity contribution is 5.46. The molecular formula is C11H17NO3. The lowest BCUT2D eigenvalue weighted by molar-refractivity contribution is 0.182. The van der Waals surface area contributed by atoms with Crippen molar-refractivity contribution in [2.24, 2.45) is 5.73 Å². The quantitative estimate of drug-likeness (QED) is 0.693. The van der Waals surface area contributed by atoms with E-state index in [0.717, 1.165) is 12.0 Å². The zero-order valence-electron chi connectivity index (χ0n) is 9.03. The molecule has 4 heteroatoms. The molecule has 15 heavy (non-hydrogen) atoms. The Hall–Kier alpha value is -1.26. The van der Waals surface area contributed by atoms with Gasteiger partial charge in [-0.25, -0.2) is 0 Å². The minimum atomic E-state index is -0.832. The van der Waals surface area contributed by atoms with E-state index in [2.05, 4.69) is 0 Å². The topological polar surface area (TPSA) is 75.7 Å². The normalized spacial score (nSPS) is 12.5. The van der Waals surface area contributed by atoms with Crippen LogP contribution < -0.4 is 10.5 Å². The van der Waals surface area contributed by atoms with Crippen molar-refractivity contribution in [3.05, 3.63) is 23.3 Å². The van der Waals surface area contributed by atoms with E-state index in [1.807, 2.05) is 6.92 Å². The zero-order chi connectivity index (χ0) is 11.4. The number of phenolic OH excluding ortho intramolecular Hbond substituents is 1. The molecule has 1 rings (SSSR count). The summed E-state index contributed by atoms with van der Waals surface area (Å²) < 4.78 is 5.11. The zero-order valence-corrected chi connectivity index (χ0v) is 9.03. The van der Waals surface area contributed by atoms with Gasteiger partial charge in [0.2, 0.25) is 0 Å². The van der Waals surface area contributed by atoms with Crippen LogP contribution in [0, 0.1) is 0 Å². The number of aryl methyl sites for hydroxylation is 1. The van der Waals surface area contributed by atoms with E-state index in [-0.39, 0.29) is 12.3 Å². The van der Waals surface area contributed by atoms with Gasteiger partial charge in [0.05, 0.1) is 13.2 Å². The molecule has 0 aliphatic heterocycles. The molecule has 84 valence electrons. The molecule has 0 saturated carbocycles. The molecule has 4 nitrogen and oxygen atoms in total. The molecule has 0 fully saturated rings. The lowest BCUT2D eigenvalue weighted by Gasteiger charge is -2.14. The largest absolute Gasteiger partial charge is 0.507 e. The van der Waals surface area contributed by atoms with Crippen LogP contribution in [0.15, 0.2) is 12.1 Å². The number of phenols is 1. The van der Waals surface area contributed by atoms with Crippen molar-refractivity contribution >= 4 is 0 Å². The van der Waals surface area contributed by atoms with E-state index in [4.69, 9.17) is 10.5 Å². The second kappa shape index (κ2) is 5.00. The van der Waals surface area contributed by atoms with Gasteiger partial charge in [-0.2, -0.15) is 0 Å². The predicted octanol–water partition coefficient (Wildman–Crippen LogP) is 0.955. The Bertz CT molecular complexity index is 339. The minimum Gasteiger partial charge on any atom is -0.507 e. The molecule has 0 aromatic heterocycles. The summed E-state index contributed by atoms with van der Waals surface area (Å²) in [5.41, 5.74) is 6.74. The number of methoxy groups -OCH3 is 1. The smallest absolute Gasteiger partial charge is 0.125 e. The molecule has 0 aliphatic rings. The van der Waals surface area contributed by atoms with Crippen molar-refractivity contribution in [2.75, 3.05) is 13.7 Å². The molecular weight excluding hydrogens is 194 g/mol. The first-order valence-electron chi connectivity index (χ1n) is 4.91. The van der Waals surface area contributed by atoms with Crippen LogP contribution in [0.2, 0.25) is 0 Å². The SMILES string of the molecule is CCc1cc(C(O)CN)c(O)cc1OC. The number of rotatable bonds is 4. The molecule has 0 aliphatic carbocycles. The molecule has 1 aromatic rings. The van der Waals surface area contributed by atoms with Crippen molar-refractivity contribution in [2.45, 2.75) is 19.4 Å². The molecule has 1 atom stereocenters. The second-order valence-electron chi connectivity index (χ2n) is 3.33. The van der Waals surface area contributed by atoms with Gasteiger partial charge in [0.1, 0.15) is 11.5 Å². The highest BCUT2D eigenvalue weighted by atomic mass is 16.5. The summed E-state index contributed by atoms with van der Waals surface area (Å²) in [4.78, 5) is 0. The monoisotopic (exact) mass is 211 g/mol. The van der Waals surface area contributed by atoms with Crippen LogP contribution in [-0.4, -0.2) is 23.9 Å². The van der Waals surface area contributed by atoms with E-state index in [9.17, 15) is 10.2 Å². The van der Waals surface area contributed by atoms with Gasteiger partial charge in [-0.05, 0) is 18.1 Å². The van der Waals surface area contributed by atoms with Crippen molar-refractivity contribution < 1.29 is 14.9 Å². The molecule has 1 unspecified atom stereocenters. The number of hydrogen-bond acceptors (Lipinski definition) is 4. The highest BCUT2D eigenvalue weighted by Crippen LogP contribution is 2.31. The maximum atomic E-state index is 9.65. The predicted molar refractivity (Wildman–Crippen MR) is 58.1 cm³/mol. The maximum Gasteiger partial charge on any atom is 0.125 e. The summed E-state index contributed by atoms with van der Waals surface area (Å²) in [7, 11) is 1.55. The molecule has 4 N–H and O–H groups in total. The van der Waals surface area contributed by atoms with E-state index < -0.39 is 6.10 Å². The number of aliphatic hydroxyl groups excluding tert-OH is 1. The lowest BCUT2D eigenvalue weighted by Crippen LogP contribution is -2.12.